The topological polar surface area (TPSA) is 52.6 Å². The summed E-state index contributed by atoms with van der Waals surface area (Å²) < 4.78 is 0. The molecule has 1 aromatic heterocycles. The minimum atomic E-state index is -0.472. The molecule has 0 aliphatic carbocycles. The summed E-state index contributed by atoms with van der Waals surface area (Å²) in [5.41, 5.74) is 0. The molecule has 23 heavy (non-hydrogen) atoms. The molecule has 6 heteroatoms. The number of nitrogens with one attached hydrogen (secondary N) is 1. The van der Waals surface area contributed by atoms with E-state index >= 15 is 0 Å². The predicted molar refractivity (Wildman–Crippen MR) is 93.7 cm³/mol. The molecule has 2 heterocycles. The SMILES string of the molecule is CCN1CCN(C(=O)[C@@H](NC(=O)c2cccs2)C(C)C)[C@H](C)C1. The third-order valence-corrected chi connectivity index (χ3v) is 5.27. The molecule has 1 aromatic rings. The van der Waals surface area contributed by atoms with Crippen LogP contribution in [-0.2, 0) is 4.79 Å². The van der Waals surface area contributed by atoms with Gasteiger partial charge in [0.15, 0.2) is 0 Å². The Kier molecular flexibility index (Phi) is 6.18. The van der Waals surface area contributed by atoms with Crippen molar-refractivity contribution in [2.24, 2.45) is 5.92 Å². The number of rotatable bonds is 5. The molecule has 2 rings (SSSR count). The van der Waals surface area contributed by atoms with Crippen molar-refractivity contribution in [3.63, 3.8) is 0 Å². The maximum absolute atomic E-state index is 12.9. The van der Waals surface area contributed by atoms with Gasteiger partial charge in [-0.15, -0.1) is 11.3 Å². The lowest BCUT2D eigenvalue weighted by Gasteiger charge is -2.41. The predicted octanol–water partition coefficient (Wildman–Crippen LogP) is 2.06. The molecule has 0 radical (unpaired) electrons. The fourth-order valence-electron chi connectivity index (χ4n) is 2.96. The molecular formula is C17H27N3O2S. The van der Waals surface area contributed by atoms with E-state index in [2.05, 4.69) is 24.1 Å². The van der Waals surface area contributed by atoms with Gasteiger partial charge in [-0.25, -0.2) is 0 Å². The van der Waals surface area contributed by atoms with Crippen molar-refractivity contribution in [2.45, 2.75) is 39.8 Å². The first-order valence-electron chi connectivity index (χ1n) is 8.31. The van der Waals surface area contributed by atoms with Gasteiger partial charge in [-0.2, -0.15) is 0 Å². The molecule has 1 aliphatic rings. The van der Waals surface area contributed by atoms with E-state index in [4.69, 9.17) is 0 Å². The average Bonchev–Trinajstić information content (AvgIpc) is 3.05. The Morgan fingerprint density at radius 2 is 2.13 bits per heavy atom. The summed E-state index contributed by atoms with van der Waals surface area (Å²) in [6.07, 6.45) is 0. The summed E-state index contributed by atoms with van der Waals surface area (Å²) >= 11 is 1.39. The summed E-state index contributed by atoms with van der Waals surface area (Å²) in [5.74, 6) is -0.0668. The number of thiophene rings is 1. The van der Waals surface area contributed by atoms with Gasteiger partial charge in [-0.05, 0) is 30.8 Å². The molecule has 1 fully saturated rings. The average molecular weight is 337 g/mol. The van der Waals surface area contributed by atoms with E-state index in [0.29, 0.717) is 4.88 Å². The van der Waals surface area contributed by atoms with Crippen LogP contribution >= 0.6 is 11.3 Å². The second-order valence-corrected chi connectivity index (χ2v) is 7.39. The zero-order chi connectivity index (χ0) is 17.0. The number of amides is 2. The van der Waals surface area contributed by atoms with E-state index in [1.807, 2.05) is 30.2 Å². The van der Waals surface area contributed by atoms with Crippen LogP contribution in [0.3, 0.4) is 0 Å². The van der Waals surface area contributed by atoms with Gasteiger partial charge >= 0.3 is 0 Å². The molecule has 1 aliphatic heterocycles. The highest BCUT2D eigenvalue weighted by atomic mass is 32.1. The Bertz CT molecular complexity index is 530. The van der Waals surface area contributed by atoms with Crippen molar-refractivity contribution in [1.29, 1.82) is 0 Å². The third kappa shape index (κ3) is 4.32. The lowest BCUT2D eigenvalue weighted by Crippen LogP contribution is -2.59. The molecule has 1 N–H and O–H groups in total. The first-order chi connectivity index (χ1) is 10.9. The highest BCUT2D eigenvalue weighted by Gasteiger charge is 2.33. The maximum Gasteiger partial charge on any atom is 0.262 e. The molecule has 0 aromatic carbocycles. The standard InChI is InChI=1S/C17H27N3O2S/c1-5-19-8-9-20(13(4)11-19)17(22)15(12(2)3)18-16(21)14-7-6-10-23-14/h6-7,10,12-13,15H,5,8-9,11H2,1-4H3,(H,18,21)/t13-,15+/m1/s1. The van der Waals surface area contributed by atoms with E-state index in [1.54, 1.807) is 6.07 Å². The smallest absolute Gasteiger partial charge is 0.262 e. The first kappa shape index (κ1) is 17.9. The highest BCUT2D eigenvalue weighted by Crippen LogP contribution is 2.16. The summed E-state index contributed by atoms with van der Waals surface area (Å²) in [5, 5.41) is 4.80. The van der Waals surface area contributed by atoms with Crippen LogP contribution in [0.5, 0.6) is 0 Å². The van der Waals surface area contributed by atoms with Gasteiger partial charge in [0, 0.05) is 25.7 Å². The molecule has 1 saturated heterocycles. The van der Waals surface area contributed by atoms with Crippen molar-refractivity contribution in [3.05, 3.63) is 22.4 Å². The molecular weight excluding hydrogens is 310 g/mol. The summed E-state index contributed by atoms with van der Waals surface area (Å²) in [6.45, 7) is 11.7. The van der Waals surface area contributed by atoms with Crippen LogP contribution in [-0.4, -0.2) is 59.9 Å². The second kappa shape index (κ2) is 7.93. The molecule has 5 nitrogen and oxygen atoms in total. The Hall–Kier alpha value is -1.40. The molecule has 128 valence electrons. The van der Waals surface area contributed by atoms with Crippen LogP contribution in [0.15, 0.2) is 17.5 Å². The Morgan fingerprint density at radius 1 is 1.39 bits per heavy atom. The van der Waals surface area contributed by atoms with Gasteiger partial charge in [-0.3, -0.25) is 14.5 Å². The van der Waals surface area contributed by atoms with Gasteiger partial charge in [0.1, 0.15) is 6.04 Å². The van der Waals surface area contributed by atoms with Gasteiger partial charge in [0.2, 0.25) is 5.91 Å². The number of likely N-dealkylation sites (N-methyl/N-ethyl adjacent to an activating group) is 1. The number of nitrogens with zero attached hydrogens (tertiary/aromatic N) is 2. The number of hydrogen-bond acceptors (Lipinski definition) is 4. The molecule has 0 unspecified atom stereocenters. The number of carbonyl (C=O) groups is 2. The highest BCUT2D eigenvalue weighted by molar-refractivity contribution is 7.12. The van der Waals surface area contributed by atoms with Crippen LogP contribution < -0.4 is 5.32 Å². The van der Waals surface area contributed by atoms with Gasteiger partial charge in [-0.1, -0.05) is 26.8 Å². The molecule has 0 spiro atoms. The quantitative estimate of drug-likeness (QED) is 0.895. The van der Waals surface area contributed by atoms with E-state index in [1.165, 1.54) is 11.3 Å². The van der Waals surface area contributed by atoms with Gasteiger partial charge < -0.3 is 10.2 Å². The zero-order valence-corrected chi connectivity index (χ0v) is 15.2. The summed E-state index contributed by atoms with van der Waals surface area (Å²) in [4.78, 5) is 30.2. The minimum absolute atomic E-state index is 0.0353. The van der Waals surface area contributed by atoms with E-state index in [0.717, 1.165) is 26.2 Å². The first-order valence-corrected chi connectivity index (χ1v) is 9.19. The van der Waals surface area contributed by atoms with E-state index in [-0.39, 0.29) is 23.8 Å². The second-order valence-electron chi connectivity index (χ2n) is 6.45. The Labute approximate surface area is 142 Å². The van der Waals surface area contributed by atoms with Crippen LogP contribution in [0.4, 0.5) is 0 Å². The van der Waals surface area contributed by atoms with Crippen molar-refractivity contribution < 1.29 is 9.59 Å². The van der Waals surface area contributed by atoms with Crippen molar-refractivity contribution in [2.75, 3.05) is 26.2 Å². The maximum atomic E-state index is 12.9. The van der Waals surface area contributed by atoms with Crippen LogP contribution in [0.25, 0.3) is 0 Å². The summed E-state index contributed by atoms with van der Waals surface area (Å²) in [7, 11) is 0. The third-order valence-electron chi connectivity index (χ3n) is 4.41. The fraction of sp³-hybridized carbons (Fsp3) is 0.647. The largest absolute Gasteiger partial charge is 0.339 e. The molecule has 0 saturated carbocycles. The van der Waals surface area contributed by atoms with Crippen molar-refractivity contribution in [3.8, 4) is 0 Å². The number of hydrogen-bond donors (Lipinski definition) is 1. The van der Waals surface area contributed by atoms with Crippen LogP contribution in [0, 0.1) is 5.92 Å². The lowest BCUT2D eigenvalue weighted by molar-refractivity contribution is -0.138. The fourth-order valence-corrected chi connectivity index (χ4v) is 3.59. The molecule has 2 amide bonds. The van der Waals surface area contributed by atoms with E-state index < -0.39 is 6.04 Å². The summed E-state index contributed by atoms with van der Waals surface area (Å²) in [6, 6.07) is 3.33. The lowest BCUT2D eigenvalue weighted by atomic mass is 10.0. The molecule has 0 bridgehead atoms. The monoisotopic (exact) mass is 337 g/mol. The number of carbonyl (C=O) groups excluding carboxylic acids is 2. The minimum Gasteiger partial charge on any atom is -0.339 e. The van der Waals surface area contributed by atoms with Crippen LogP contribution in [0.2, 0.25) is 0 Å². The van der Waals surface area contributed by atoms with Crippen molar-refractivity contribution in [1.82, 2.24) is 15.1 Å². The number of piperazine rings is 1. The van der Waals surface area contributed by atoms with Crippen LogP contribution in [0.1, 0.15) is 37.4 Å². The Morgan fingerprint density at radius 3 is 2.65 bits per heavy atom. The molecule has 2 atom stereocenters. The van der Waals surface area contributed by atoms with Gasteiger partial charge in [0.25, 0.3) is 5.91 Å². The Balaban J connectivity index is 2.05. The zero-order valence-electron chi connectivity index (χ0n) is 14.4. The van der Waals surface area contributed by atoms with Gasteiger partial charge in [0.05, 0.1) is 4.88 Å². The normalized spacial score (nSPS) is 20.6. The van der Waals surface area contributed by atoms with E-state index in [9.17, 15) is 9.59 Å². The van der Waals surface area contributed by atoms with Crippen molar-refractivity contribution >= 4 is 23.2 Å².